The van der Waals surface area contributed by atoms with Gasteiger partial charge in [-0.2, -0.15) is 0 Å². The lowest BCUT2D eigenvalue weighted by molar-refractivity contribution is -0.384. The van der Waals surface area contributed by atoms with Crippen LogP contribution in [0, 0.1) is 15.9 Å². The lowest BCUT2D eigenvalue weighted by Crippen LogP contribution is -2.08. The second kappa shape index (κ2) is 5.11. The van der Waals surface area contributed by atoms with Gasteiger partial charge in [0.05, 0.1) is 17.0 Å². The molecule has 1 aromatic carbocycles. The highest BCUT2D eigenvalue weighted by molar-refractivity contribution is 5.68. The molecule has 0 radical (unpaired) electrons. The maximum Gasteiger partial charge on any atom is 0.280 e. The molecule has 2 N–H and O–H groups in total. The molecular weight excluding hydrogens is 253 g/mol. The van der Waals surface area contributed by atoms with Crippen LogP contribution in [0.5, 0.6) is 0 Å². The second-order valence-electron chi connectivity index (χ2n) is 3.81. The summed E-state index contributed by atoms with van der Waals surface area (Å²) in [7, 11) is 0. The maximum atomic E-state index is 13.3. The summed E-state index contributed by atoms with van der Waals surface area (Å²) in [6.07, 6.45) is 0. The van der Waals surface area contributed by atoms with Gasteiger partial charge in [0, 0.05) is 12.6 Å². The summed E-state index contributed by atoms with van der Waals surface area (Å²) in [6.45, 7) is 2.48. The lowest BCUT2D eigenvalue weighted by Gasteiger charge is -2.06. The normalized spacial score (nSPS) is 10.7. The van der Waals surface area contributed by atoms with Gasteiger partial charge in [-0.15, -0.1) is 10.2 Å². The minimum Gasteiger partial charge on any atom is -0.324 e. The van der Waals surface area contributed by atoms with E-state index in [9.17, 15) is 14.5 Å². The van der Waals surface area contributed by atoms with Gasteiger partial charge in [0.15, 0.2) is 5.82 Å². The van der Waals surface area contributed by atoms with Crippen molar-refractivity contribution in [2.45, 2.75) is 20.0 Å². The van der Waals surface area contributed by atoms with Crippen LogP contribution in [-0.4, -0.2) is 19.7 Å². The fourth-order valence-electron chi connectivity index (χ4n) is 1.86. The van der Waals surface area contributed by atoms with E-state index in [2.05, 4.69) is 10.2 Å². The number of nitro benzene ring substituents is 1. The van der Waals surface area contributed by atoms with E-state index in [0.717, 1.165) is 18.2 Å². The van der Waals surface area contributed by atoms with E-state index >= 15 is 0 Å². The van der Waals surface area contributed by atoms with Crippen molar-refractivity contribution in [3.63, 3.8) is 0 Å². The van der Waals surface area contributed by atoms with Gasteiger partial charge in [0.1, 0.15) is 11.6 Å². The number of nitro groups is 1. The van der Waals surface area contributed by atoms with Crippen LogP contribution in [0.15, 0.2) is 18.2 Å². The van der Waals surface area contributed by atoms with E-state index in [4.69, 9.17) is 5.73 Å². The third-order valence-electron chi connectivity index (χ3n) is 2.72. The van der Waals surface area contributed by atoms with Crippen LogP contribution in [0.2, 0.25) is 0 Å². The van der Waals surface area contributed by atoms with Crippen LogP contribution in [0.3, 0.4) is 0 Å². The molecule has 8 heteroatoms. The molecule has 0 atom stereocenters. The first kappa shape index (κ1) is 13.1. The number of nitrogens with zero attached hydrogens (tertiary/aromatic N) is 4. The molecule has 1 heterocycles. The molecule has 2 rings (SSSR count). The Morgan fingerprint density at radius 2 is 2.21 bits per heavy atom. The fraction of sp³-hybridized carbons (Fsp3) is 0.273. The monoisotopic (exact) mass is 265 g/mol. The Balaban J connectivity index is 2.67. The number of aromatic nitrogens is 3. The third-order valence-corrected chi connectivity index (χ3v) is 2.72. The quantitative estimate of drug-likeness (QED) is 0.666. The molecule has 0 amide bonds. The Bertz CT molecular complexity index is 626. The molecule has 100 valence electrons. The molecular formula is C11H12FN5O2. The van der Waals surface area contributed by atoms with Crippen molar-refractivity contribution in [2.24, 2.45) is 5.73 Å². The van der Waals surface area contributed by atoms with Gasteiger partial charge in [0.25, 0.3) is 5.69 Å². The van der Waals surface area contributed by atoms with Crippen molar-refractivity contribution in [3.05, 3.63) is 40.0 Å². The summed E-state index contributed by atoms with van der Waals surface area (Å²) in [6, 6.07) is 3.23. The third kappa shape index (κ3) is 2.29. The summed E-state index contributed by atoms with van der Waals surface area (Å²) >= 11 is 0. The van der Waals surface area contributed by atoms with Crippen LogP contribution in [0.4, 0.5) is 10.1 Å². The number of benzene rings is 1. The Labute approximate surface area is 108 Å². The van der Waals surface area contributed by atoms with Crippen molar-refractivity contribution in [1.29, 1.82) is 0 Å². The molecule has 0 spiro atoms. The number of hydrogen-bond donors (Lipinski definition) is 1. The number of nitrogens with two attached hydrogens (primary N) is 1. The number of hydrogen-bond acceptors (Lipinski definition) is 5. The molecule has 0 aliphatic carbocycles. The molecule has 0 saturated carbocycles. The van der Waals surface area contributed by atoms with Crippen LogP contribution in [0.1, 0.15) is 12.7 Å². The predicted octanol–water partition coefficient (Wildman–Crippen LogP) is 1.47. The summed E-state index contributed by atoms with van der Waals surface area (Å²) in [5.41, 5.74) is 5.39. The first-order valence-corrected chi connectivity index (χ1v) is 5.65. The highest BCUT2D eigenvalue weighted by atomic mass is 19.1. The Hall–Kier alpha value is -2.35. The van der Waals surface area contributed by atoms with Crippen molar-refractivity contribution >= 4 is 5.69 Å². The van der Waals surface area contributed by atoms with E-state index in [0.29, 0.717) is 12.4 Å². The summed E-state index contributed by atoms with van der Waals surface area (Å²) in [5.74, 6) is 0.172. The lowest BCUT2D eigenvalue weighted by atomic mass is 10.1. The number of halogens is 1. The van der Waals surface area contributed by atoms with Crippen molar-refractivity contribution in [1.82, 2.24) is 14.8 Å². The van der Waals surface area contributed by atoms with Gasteiger partial charge >= 0.3 is 0 Å². The fourth-order valence-corrected chi connectivity index (χ4v) is 1.86. The molecule has 2 aromatic rings. The van der Waals surface area contributed by atoms with Gasteiger partial charge in [-0.1, -0.05) is 0 Å². The van der Waals surface area contributed by atoms with E-state index < -0.39 is 10.7 Å². The minimum absolute atomic E-state index is 0.0963. The molecule has 0 aliphatic heterocycles. The Kier molecular flexibility index (Phi) is 3.52. The van der Waals surface area contributed by atoms with Gasteiger partial charge in [-0.05, 0) is 19.1 Å². The van der Waals surface area contributed by atoms with Crippen LogP contribution in [0.25, 0.3) is 11.4 Å². The highest BCUT2D eigenvalue weighted by Crippen LogP contribution is 2.29. The minimum atomic E-state index is -0.578. The van der Waals surface area contributed by atoms with Crippen LogP contribution < -0.4 is 5.73 Å². The van der Waals surface area contributed by atoms with Gasteiger partial charge in [-0.25, -0.2) is 4.39 Å². The smallest absolute Gasteiger partial charge is 0.280 e. The largest absolute Gasteiger partial charge is 0.324 e. The predicted molar refractivity (Wildman–Crippen MR) is 65.6 cm³/mol. The zero-order chi connectivity index (χ0) is 14.0. The average molecular weight is 265 g/mol. The second-order valence-corrected chi connectivity index (χ2v) is 3.81. The molecule has 0 saturated heterocycles. The Morgan fingerprint density at radius 1 is 1.47 bits per heavy atom. The molecule has 1 aromatic heterocycles. The van der Waals surface area contributed by atoms with Crippen molar-refractivity contribution in [2.75, 3.05) is 0 Å². The topological polar surface area (TPSA) is 99.9 Å². The molecule has 7 nitrogen and oxygen atoms in total. The number of rotatable bonds is 4. The molecule has 0 unspecified atom stereocenters. The first-order chi connectivity index (χ1) is 9.08. The van der Waals surface area contributed by atoms with Gasteiger partial charge < -0.3 is 10.3 Å². The molecule has 0 bridgehead atoms. The Morgan fingerprint density at radius 3 is 2.79 bits per heavy atom. The van der Waals surface area contributed by atoms with Crippen molar-refractivity contribution < 1.29 is 9.31 Å². The molecule has 0 aliphatic rings. The zero-order valence-electron chi connectivity index (χ0n) is 10.2. The summed E-state index contributed by atoms with van der Waals surface area (Å²) < 4.78 is 14.9. The van der Waals surface area contributed by atoms with E-state index in [1.165, 1.54) is 0 Å². The summed E-state index contributed by atoms with van der Waals surface area (Å²) in [4.78, 5) is 10.4. The molecule has 19 heavy (non-hydrogen) atoms. The van der Waals surface area contributed by atoms with Crippen molar-refractivity contribution in [3.8, 4) is 11.4 Å². The highest BCUT2D eigenvalue weighted by Gasteiger charge is 2.22. The zero-order valence-corrected chi connectivity index (χ0v) is 10.2. The molecule has 0 fully saturated rings. The van der Waals surface area contributed by atoms with E-state index in [1.807, 2.05) is 6.92 Å². The van der Waals surface area contributed by atoms with Gasteiger partial charge in [-0.3, -0.25) is 10.1 Å². The average Bonchev–Trinajstić information content (AvgIpc) is 2.80. The standard InChI is InChI=1S/C11H12FN5O2/c1-2-16-10(6-13)14-15-11(16)8-5-7(12)3-4-9(8)17(18)19/h3-5H,2,6,13H2,1H3. The SMILES string of the molecule is CCn1c(CN)nnc1-c1cc(F)ccc1[N+](=O)[O-]. The maximum absolute atomic E-state index is 13.3. The van der Waals surface area contributed by atoms with E-state index in [1.54, 1.807) is 4.57 Å². The first-order valence-electron chi connectivity index (χ1n) is 5.65. The van der Waals surface area contributed by atoms with Crippen LogP contribution in [-0.2, 0) is 13.1 Å². The summed E-state index contributed by atoms with van der Waals surface area (Å²) in [5, 5.41) is 18.7. The van der Waals surface area contributed by atoms with Gasteiger partial charge in [0.2, 0.25) is 0 Å². The van der Waals surface area contributed by atoms with Crippen LogP contribution >= 0.6 is 0 Å². The van der Waals surface area contributed by atoms with E-state index in [-0.39, 0.29) is 23.6 Å².